The van der Waals surface area contributed by atoms with Crippen LogP contribution in [0.5, 0.6) is 11.5 Å². The molecule has 1 aliphatic heterocycles. The summed E-state index contributed by atoms with van der Waals surface area (Å²) in [5.41, 5.74) is 3.07. The second kappa shape index (κ2) is 9.18. The molecule has 6 nitrogen and oxygen atoms in total. The Morgan fingerprint density at radius 3 is 2.42 bits per heavy atom. The van der Waals surface area contributed by atoms with Gasteiger partial charge in [-0.3, -0.25) is 4.79 Å². The number of aromatic nitrogens is 2. The molecule has 2 fully saturated rings. The molecule has 0 bridgehead atoms. The summed E-state index contributed by atoms with van der Waals surface area (Å²) in [5, 5.41) is 4.33. The lowest BCUT2D eigenvalue weighted by Crippen LogP contribution is -2.45. The van der Waals surface area contributed by atoms with E-state index in [1.165, 1.54) is 6.42 Å². The van der Waals surface area contributed by atoms with Gasteiger partial charge in [-0.05, 0) is 42.7 Å². The first-order chi connectivity index (χ1) is 14.7. The van der Waals surface area contributed by atoms with Gasteiger partial charge in [0.1, 0.15) is 23.1 Å². The van der Waals surface area contributed by atoms with Gasteiger partial charge in [-0.15, -0.1) is 12.4 Å². The van der Waals surface area contributed by atoms with Crippen LogP contribution in [0.3, 0.4) is 0 Å². The van der Waals surface area contributed by atoms with Crippen molar-refractivity contribution in [2.45, 2.75) is 38.2 Å². The van der Waals surface area contributed by atoms with Crippen LogP contribution in [-0.4, -0.2) is 46.7 Å². The van der Waals surface area contributed by atoms with Crippen LogP contribution >= 0.6 is 12.4 Å². The van der Waals surface area contributed by atoms with Crippen molar-refractivity contribution < 1.29 is 14.3 Å². The number of nitrogens with zero attached hydrogens (tertiary/aromatic N) is 3. The van der Waals surface area contributed by atoms with Crippen LogP contribution in [0.25, 0.3) is 16.6 Å². The Morgan fingerprint density at radius 1 is 1.03 bits per heavy atom. The lowest BCUT2D eigenvalue weighted by molar-refractivity contribution is -0.140. The first-order valence-corrected chi connectivity index (χ1v) is 10.8. The fraction of sp³-hybridized carbons (Fsp3) is 0.417. The van der Waals surface area contributed by atoms with Crippen LogP contribution < -0.4 is 9.47 Å². The number of halogens is 1. The number of benzene rings is 1. The van der Waals surface area contributed by atoms with E-state index in [0.717, 1.165) is 66.9 Å². The van der Waals surface area contributed by atoms with Crippen molar-refractivity contribution in [2.75, 3.05) is 20.2 Å². The fourth-order valence-corrected chi connectivity index (χ4v) is 4.34. The summed E-state index contributed by atoms with van der Waals surface area (Å²) in [7, 11) is 1.67. The second-order valence-corrected chi connectivity index (χ2v) is 8.25. The number of rotatable bonds is 5. The summed E-state index contributed by atoms with van der Waals surface area (Å²) in [6.45, 7) is 1.61. The molecule has 3 heterocycles. The highest BCUT2D eigenvalue weighted by Gasteiger charge is 2.32. The number of piperidine rings is 1. The van der Waals surface area contributed by atoms with Crippen molar-refractivity contribution in [3.8, 4) is 22.6 Å². The quantitative estimate of drug-likeness (QED) is 0.580. The Labute approximate surface area is 188 Å². The minimum Gasteiger partial charge on any atom is -0.494 e. The van der Waals surface area contributed by atoms with Gasteiger partial charge in [-0.2, -0.15) is 5.10 Å². The predicted octanol–water partition coefficient (Wildman–Crippen LogP) is 4.60. The van der Waals surface area contributed by atoms with Crippen molar-refractivity contribution in [3.05, 3.63) is 48.8 Å². The number of carbonyl (C=O) groups is 1. The molecule has 0 spiro atoms. The molecular weight excluding hydrogens is 414 g/mol. The summed E-state index contributed by atoms with van der Waals surface area (Å²) in [5.74, 6) is 2.31. The molecular formula is C24H28ClN3O3. The molecule has 0 radical (unpaired) electrons. The van der Waals surface area contributed by atoms with E-state index in [1.54, 1.807) is 13.3 Å². The number of methoxy groups -OCH3 is 1. The topological polar surface area (TPSA) is 56.1 Å². The van der Waals surface area contributed by atoms with Gasteiger partial charge in [-0.1, -0.05) is 18.6 Å². The molecule has 3 aromatic rings. The number of hydrogen-bond acceptors (Lipinski definition) is 4. The van der Waals surface area contributed by atoms with Gasteiger partial charge in [0.25, 0.3) is 0 Å². The first-order valence-electron chi connectivity index (χ1n) is 10.8. The van der Waals surface area contributed by atoms with Crippen LogP contribution in [0, 0.1) is 5.92 Å². The molecule has 5 rings (SSSR count). The largest absolute Gasteiger partial charge is 0.494 e. The summed E-state index contributed by atoms with van der Waals surface area (Å²) in [6.07, 6.45) is 9.07. The van der Waals surface area contributed by atoms with E-state index in [1.807, 2.05) is 39.9 Å². The van der Waals surface area contributed by atoms with Crippen LogP contribution in [0.4, 0.5) is 0 Å². The maximum atomic E-state index is 12.4. The lowest BCUT2D eigenvalue weighted by Gasteiger charge is -2.36. The minimum absolute atomic E-state index is 0. The third kappa shape index (κ3) is 4.35. The maximum Gasteiger partial charge on any atom is 0.225 e. The number of fused-ring (bicyclic) bond motifs is 1. The Balaban J connectivity index is 0.00000231. The Kier molecular flexibility index (Phi) is 6.37. The molecule has 2 aromatic heterocycles. The fourth-order valence-electron chi connectivity index (χ4n) is 4.34. The monoisotopic (exact) mass is 441 g/mol. The van der Waals surface area contributed by atoms with E-state index >= 15 is 0 Å². The third-order valence-electron chi connectivity index (χ3n) is 6.39. The molecule has 0 unspecified atom stereocenters. The molecule has 1 saturated carbocycles. The van der Waals surface area contributed by atoms with Gasteiger partial charge in [0.05, 0.1) is 13.3 Å². The Bertz CT molecular complexity index is 1040. The van der Waals surface area contributed by atoms with Crippen molar-refractivity contribution in [1.29, 1.82) is 0 Å². The maximum absolute atomic E-state index is 12.4. The molecule has 164 valence electrons. The lowest BCUT2D eigenvalue weighted by atomic mass is 9.84. The summed E-state index contributed by atoms with van der Waals surface area (Å²) >= 11 is 0. The molecule has 1 amide bonds. The standard InChI is InChI=1S/C24H27N3O3.ClH/c1-29-23-15-19(16-27-22(23)9-12-25-27)17-5-7-20(8-6-17)30-21-10-13-26(14-11-21)24(28)18-3-2-4-18;/h5-9,12,15-16,18,21H,2-4,10-11,13-14H2,1H3;1H. The van der Waals surface area contributed by atoms with Gasteiger partial charge >= 0.3 is 0 Å². The zero-order valence-corrected chi connectivity index (χ0v) is 18.5. The third-order valence-corrected chi connectivity index (χ3v) is 6.39. The average molecular weight is 442 g/mol. The molecule has 7 heteroatoms. The van der Waals surface area contributed by atoms with E-state index < -0.39 is 0 Å². The van der Waals surface area contributed by atoms with E-state index in [2.05, 4.69) is 17.2 Å². The zero-order valence-electron chi connectivity index (χ0n) is 17.7. The normalized spacial score (nSPS) is 17.1. The average Bonchev–Trinajstić information content (AvgIpc) is 3.21. The van der Waals surface area contributed by atoms with Gasteiger partial charge in [0, 0.05) is 43.6 Å². The molecule has 1 aromatic carbocycles. The van der Waals surface area contributed by atoms with Gasteiger partial charge < -0.3 is 14.4 Å². The van der Waals surface area contributed by atoms with Crippen LogP contribution in [0.15, 0.2) is 48.8 Å². The minimum atomic E-state index is 0. The molecule has 2 aliphatic rings. The van der Waals surface area contributed by atoms with Crippen LogP contribution in [0.2, 0.25) is 0 Å². The molecule has 0 atom stereocenters. The summed E-state index contributed by atoms with van der Waals surface area (Å²) in [4.78, 5) is 14.4. The molecule has 0 N–H and O–H groups in total. The van der Waals surface area contributed by atoms with Gasteiger partial charge in [-0.25, -0.2) is 4.52 Å². The SMILES string of the molecule is COc1cc(-c2ccc(OC3CCN(C(=O)C4CCC4)CC3)cc2)cn2nccc12.Cl. The van der Waals surface area contributed by atoms with E-state index in [9.17, 15) is 4.79 Å². The van der Waals surface area contributed by atoms with Crippen molar-refractivity contribution in [2.24, 2.45) is 5.92 Å². The Morgan fingerprint density at radius 2 is 1.77 bits per heavy atom. The van der Waals surface area contributed by atoms with E-state index in [4.69, 9.17) is 9.47 Å². The number of amides is 1. The highest BCUT2D eigenvalue weighted by molar-refractivity contribution is 5.85. The van der Waals surface area contributed by atoms with E-state index in [-0.39, 0.29) is 24.4 Å². The smallest absolute Gasteiger partial charge is 0.225 e. The number of hydrogen-bond donors (Lipinski definition) is 0. The molecule has 1 saturated heterocycles. The van der Waals surface area contributed by atoms with Gasteiger partial charge in [0.2, 0.25) is 5.91 Å². The summed E-state index contributed by atoms with van der Waals surface area (Å²) < 4.78 is 13.5. The predicted molar refractivity (Wildman–Crippen MR) is 122 cm³/mol. The van der Waals surface area contributed by atoms with Crippen LogP contribution in [0.1, 0.15) is 32.1 Å². The number of carbonyl (C=O) groups excluding carboxylic acids is 1. The number of pyridine rings is 1. The van der Waals surface area contributed by atoms with Crippen molar-refractivity contribution in [3.63, 3.8) is 0 Å². The van der Waals surface area contributed by atoms with E-state index in [0.29, 0.717) is 5.91 Å². The zero-order chi connectivity index (χ0) is 20.5. The highest BCUT2D eigenvalue weighted by Crippen LogP contribution is 2.31. The molecule has 1 aliphatic carbocycles. The van der Waals surface area contributed by atoms with Gasteiger partial charge in [0.15, 0.2) is 0 Å². The molecule has 31 heavy (non-hydrogen) atoms. The second-order valence-electron chi connectivity index (χ2n) is 8.25. The number of ether oxygens (including phenoxy) is 2. The van der Waals surface area contributed by atoms with Crippen molar-refractivity contribution >= 4 is 23.8 Å². The van der Waals surface area contributed by atoms with Crippen molar-refractivity contribution in [1.82, 2.24) is 14.5 Å². The van der Waals surface area contributed by atoms with Crippen LogP contribution in [-0.2, 0) is 4.79 Å². The first kappa shape index (κ1) is 21.5. The number of likely N-dealkylation sites (tertiary alicyclic amines) is 1. The highest BCUT2D eigenvalue weighted by atomic mass is 35.5. The summed E-state index contributed by atoms with van der Waals surface area (Å²) in [6, 6.07) is 12.1. The Hall–Kier alpha value is -2.73.